The lowest BCUT2D eigenvalue weighted by atomic mass is 10.0. The zero-order valence-electron chi connectivity index (χ0n) is 20.8. The van der Waals surface area contributed by atoms with Gasteiger partial charge in [-0.3, -0.25) is 4.57 Å². The van der Waals surface area contributed by atoms with E-state index in [2.05, 4.69) is 75.2 Å². The Labute approximate surface area is 223 Å². The van der Waals surface area contributed by atoms with E-state index in [-0.39, 0.29) is 0 Å². The summed E-state index contributed by atoms with van der Waals surface area (Å²) in [5.74, 6) is 2.47. The molecule has 0 aliphatic rings. The van der Waals surface area contributed by atoms with Crippen molar-refractivity contribution in [3.05, 3.63) is 121 Å². The highest BCUT2D eigenvalue weighted by Gasteiger charge is 2.18. The van der Waals surface area contributed by atoms with Gasteiger partial charge in [-0.25, -0.2) is 15.0 Å². The van der Waals surface area contributed by atoms with Crippen molar-refractivity contribution >= 4 is 33.1 Å². The molecule has 2 N–H and O–H groups in total. The number of hydrogen-bond donors (Lipinski definition) is 2. The van der Waals surface area contributed by atoms with Crippen molar-refractivity contribution in [2.75, 3.05) is 0 Å². The Hall–Kier alpha value is -5.49. The van der Waals surface area contributed by atoms with Gasteiger partial charge in [-0.1, -0.05) is 54.6 Å². The molecule has 0 aliphatic heterocycles. The molecule has 0 saturated carbocycles. The predicted octanol–water partition coefficient (Wildman–Crippen LogP) is 7.78. The molecule has 0 fully saturated rings. The minimum atomic E-state index is 0.804. The monoisotopic (exact) mass is 502 g/mol. The first-order valence-corrected chi connectivity index (χ1v) is 12.9. The van der Waals surface area contributed by atoms with Gasteiger partial charge in [0.2, 0.25) is 0 Å². The predicted molar refractivity (Wildman–Crippen MR) is 157 cm³/mol. The van der Waals surface area contributed by atoms with Gasteiger partial charge in [-0.15, -0.1) is 0 Å². The second-order valence-electron chi connectivity index (χ2n) is 9.60. The number of hydrogen-bond acceptors (Lipinski definition) is 3. The number of para-hydroxylation sites is 7. The zero-order chi connectivity index (χ0) is 25.8. The summed E-state index contributed by atoms with van der Waals surface area (Å²) in [4.78, 5) is 21.9. The van der Waals surface area contributed by atoms with Gasteiger partial charge in [0.05, 0.1) is 33.1 Å². The van der Waals surface area contributed by atoms with Crippen LogP contribution >= 0.6 is 0 Å². The third-order valence-electron chi connectivity index (χ3n) is 7.09. The first kappa shape index (κ1) is 21.6. The summed E-state index contributed by atoms with van der Waals surface area (Å²) < 4.78 is 2.22. The third-order valence-corrected chi connectivity index (χ3v) is 7.09. The van der Waals surface area contributed by atoms with Gasteiger partial charge in [0.1, 0.15) is 17.5 Å². The summed E-state index contributed by atoms with van der Waals surface area (Å²) in [6, 6.07) is 41.2. The smallest absolute Gasteiger partial charge is 0.145 e. The molecule has 0 unspecified atom stereocenters. The Morgan fingerprint density at radius 1 is 0.462 bits per heavy atom. The molecule has 0 radical (unpaired) electrons. The van der Waals surface area contributed by atoms with Crippen molar-refractivity contribution in [3.63, 3.8) is 0 Å². The van der Waals surface area contributed by atoms with Gasteiger partial charge in [-0.2, -0.15) is 0 Å². The van der Waals surface area contributed by atoms with Crippen LogP contribution < -0.4 is 0 Å². The van der Waals surface area contributed by atoms with E-state index in [1.54, 1.807) is 0 Å². The molecule has 6 nitrogen and oxygen atoms in total. The highest BCUT2D eigenvalue weighted by atomic mass is 15.1. The lowest BCUT2D eigenvalue weighted by Gasteiger charge is -2.12. The molecule has 8 rings (SSSR count). The van der Waals surface area contributed by atoms with E-state index in [0.717, 1.165) is 73.0 Å². The molecule has 0 atom stereocenters. The molecule has 0 saturated heterocycles. The maximum absolute atomic E-state index is 5.12. The van der Waals surface area contributed by atoms with Gasteiger partial charge < -0.3 is 9.97 Å². The zero-order valence-corrected chi connectivity index (χ0v) is 20.8. The van der Waals surface area contributed by atoms with Crippen molar-refractivity contribution in [2.24, 2.45) is 0 Å². The fourth-order valence-corrected chi connectivity index (χ4v) is 5.27. The van der Waals surface area contributed by atoms with Gasteiger partial charge in [0.25, 0.3) is 0 Å². The van der Waals surface area contributed by atoms with Crippen LogP contribution in [-0.2, 0) is 0 Å². The number of nitrogens with zero attached hydrogens (tertiary/aromatic N) is 4. The molecule has 0 amide bonds. The van der Waals surface area contributed by atoms with E-state index in [4.69, 9.17) is 15.0 Å². The average molecular weight is 503 g/mol. The van der Waals surface area contributed by atoms with E-state index < -0.39 is 0 Å². The fraction of sp³-hybridized carbons (Fsp3) is 0. The number of rotatable bonds is 4. The molecule has 39 heavy (non-hydrogen) atoms. The minimum Gasteiger partial charge on any atom is -0.338 e. The Morgan fingerprint density at radius 3 is 1.59 bits per heavy atom. The number of aromatic nitrogens is 6. The van der Waals surface area contributed by atoms with Crippen LogP contribution in [0, 0.1) is 0 Å². The summed E-state index contributed by atoms with van der Waals surface area (Å²) in [7, 11) is 0. The van der Waals surface area contributed by atoms with Crippen LogP contribution in [0.2, 0.25) is 0 Å². The maximum Gasteiger partial charge on any atom is 0.145 e. The van der Waals surface area contributed by atoms with Crippen LogP contribution in [-0.4, -0.2) is 29.5 Å². The topological polar surface area (TPSA) is 75.2 Å². The normalized spacial score (nSPS) is 11.6. The molecule has 3 heterocycles. The van der Waals surface area contributed by atoms with Gasteiger partial charge >= 0.3 is 0 Å². The molecule has 6 heteroatoms. The summed E-state index contributed by atoms with van der Waals surface area (Å²) in [5, 5.41) is 0. The lowest BCUT2D eigenvalue weighted by molar-refractivity contribution is 1.10. The Balaban J connectivity index is 1.41. The highest BCUT2D eigenvalue weighted by molar-refractivity contribution is 5.87. The van der Waals surface area contributed by atoms with Crippen LogP contribution in [0.15, 0.2) is 121 Å². The Morgan fingerprint density at radius 2 is 0.974 bits per heavy atom. The third kappa shape index (κ3) is 3.61. The molecule has 5 aromatic carbocycles. The SMILES string of the molecule is c1ccc(-n2c(-c3cc(-c4nc5ccccc5[nH]4)cc(-c4nc5ccccc5[nH]4)c3)nc3ccccc32)cc1. The van der Waals surface area contributed by atoms with Crippen LogP contribution in [0.1, 0.15) is 0 Å². The number of imidazole rings is 3. The van der Waals surface area contributed by atoms with Gasteiger partial charge in [0, 0.05) is 22.4 Å². The Bertz CT molecular complexity index is 1970. The van der Waals surface area contributed by atoms with Crippen molar-refractivity contribution in [1.82, 2.24) is 29.5 Å². The second-order valence-corrected chi connectivity index (χ2v) is 9.60. The first-order chi connectivity index (χ1) is 19.3. The van der Waals surface area contributed by atoms with E-state index in [1.165, 1.54) is 0 Å². The first-order valence-electron chi connectivity index (χ1n) is 12.9. The van der Waals surface area contributed by atoms with Crippen molar-refractivity contribution < 1.29 is 0 Å². The lowest BCUT2D eigenvalue weighted by Crippen LogP contribution is -1.98. The number of fused-ring (bicyclic) bond motifs is 3. The summed E-state index contributed by atoms with van der Waals surface area (Å²) in [6.45, 7) is 0. The van der Waals surface area contributed by atoms with Crippen molar-refractivity contribution in [1.29, 1.82) is 0 Å². The highest BCUT2D eigenvalue weighted by Crippen LogP contribution is 2.35. The van der Waals surface area contributed by atoms with Crippen molar-refractivity contribution in [3.8, 4) is 39.9 Å². The van der Waals surface area contributed by atoms with E-state index in [1.807, 2.05) is 60.7 Å². The Kier molecular flexibility index (Phi) is 4.72. The largest absolute Gasteiger partial charge is 0.338 e. The van der Waals surface area contributed by atoms with E-state index in [9.17, 15) is 0 Å². The van der Waals surface area contributed by atoms with Gasteiger partial charge in [0.15, 0.2) is 0 Å². The second kappa shape index (κ2) is 8.53. The molecular formula is C33H22N6. The van der Waals surface area contributed by atoms with E-state index >= 15 is 0 Å². The number of benzene rings is 5. The maximum atomic E-state index is 5.12. The van der Waals surface area contributed by atoms with Crippen molar-refractivity contribution in [2.45, 2.75) is 0 Å². The number of aromatic amines is 2. The quantitative estimate of drug-likeness (QED) is 0.258. The molecule has 8 aromatic rings. The number of nitrogens with one attached hydrogen (secondary N) is 2. The summed E-state index contributed by atoms with van der Waals surface area (Å²) in [5.41, 5.74) is 9.81. The minimum absolute atomic E-state index is 0.804. The molecule has 184 valence electrons. The standard InChI is InChI=1S/C33H22N6/c1-2-10-24(11-3-1)39-30-17-9-8-16-29(30)38-33(39)23-19-21(31-34-25-12-4-5-13-26(25)35-31)18-22(20-23)32-36-27-14-6-7-15-28(27)37-32/h1-20H,(H,34,35)(H,36,37). The van der Waals surface area contributed by atoms with E-state index in [0.29, 0.717) is 0 Å². The summed E-state index contributed by atoms with van der Waals surface area (Å²) in [6.07, 6.45) is 0. The van der Waals surface area contributed by atoms with Crippen LogP contribution in [0.3, 0.4) is 0 Å². The molecule has 3 aromatic heterocycles. The molecule has 0 spiro atoms. The summed E-state index contributed by atoms with van der Waals surface area (Å²) >= 11 is 0. The van der Waals surface area contributed by atoms with Crippen LogP contribution in [0.25, 0.3) is 73.0 Å². The van der Waals surface area contributed by atoms with Gasteiger partial charge in [-0.05, 0) is 66.7 Å². The van der Waals surface area contributed by atoms with Crippen LogP contribution in [0.5, 0.6) is 0 Å². The molecular weight excluding hydrogens is 480 g/mol. The van der Waals surface area contributed by atoms with Crippen LogP contribution in [0.4, 0.5) is 0 Å². The fourth-order valence-electron chi connectivity index (χ4n) is 5.27. The molecule has 0 aliphatic carbocycles. The average Bonchev–Trinajstić information content (AvgIpc) is 3.72. The molecule has 0 bridgehead atoms. The number of H-pyrrole nitrogens is 2.